The van der Waals surface area contributed by atoms with Crippen molar-refractivity contribution in [3.63, 3.8) is 0 Å². The molecule has 6 atom stereocenters. The highest BCUT2D eigenvalue weighted by molar-refractivity contribution is 5.73. The molecule has 1 aliphatic heterocycles. The van der Waals surface area contributed by atoms with E-state index in [0.29, 0.717) is 0 Å². The third kappa shape index (κ3) is 4.59. The molecule has 1 heterocycles. The van der Waals surface area contributed by atoms with Crippen molar-refractivity contribution in [2.45, 2.75) is 43.6 Å². The second-order valence-corrected chi connectivity index (χ2v) is 4.71. The number of amides is 1. The Hall–Kier alpha value is -1.30. The minimum Gasteiger partial charge on any atom is -0.480 e. The number of hydrogen-bond acceptors (Lipinski definition) is 8. The number of carboxylic acid groups (broad SMARTS) is 1. The first-order valence-corrected chi connectivity index (χ1v) is 6.27. The molecule has 3 unspecified atom stereocenters. The molecule has 1 rings (SSSR count). The number of nitrogens with one attached hydrogen (secondary N) is 1. The molecule has 1 amide bonds. The number of nitrogens with two attached hydrogens (primary N) is 1. The summed E-state index contributed by atoms with van der Waals surface area (Å²) < 4.78 is 10.4. The van der Waals surface area contributed by atoms with E-state index in [-0.39, 0.29) is 0 Å². The Morgan fingerprint density at radius 1 is 1.38 bits per heavy atom. The van der Waals surface area contributed by atoms with Crippen molar-refractivity contribution < 1.29 is 39.5 Å². The number of carbonyl (C=O) groups excluding carboxylic acids is 1. The quantitative estimate of drug-likeness (QED) is 0.289. The Labute approximate surface area is 120 Å². The van der Waals surface area contributed by atoms with Crippen LogP contribution >= 0.6 is 0 Å². The predicted octanol–water partition coefficient (Wildman–Crippen LogP) is -3.64. The molecule has 0 aromatic rings. The fourth-order valence-corrected chi connectivity index (χ4v) is 1.88. The maximum Gasteiger partial charge on any atom is 0.322 e. The van der Waals surface area contributed by atoms with Gasteiger partial charge in [-0.2, -0.15) is 0 Å². The molecular formula is C11H20N2O8. The molecule has 0 aromatic carbocycles. The van der Waals surface area contributed by atoms with E-state index in [9.17, 15) is 19.8 Å². The Kier molecular flexibility index (Phi) is 6.45. The van der Waals surface area contributed by atoms with Gasteiger partial charge in [-0.1, -0.05) is 0 Å². The average molecular weight is 308 g/mol. The van der Waals surface area contributed by atoms with Gasteiger partial charge in [-0.05, 0) is 0 Å². The van der Waals surface area contributed by atoms with Gasteiger partial charge in [0.15, 0.2) is 6.29 Å². The number of carboxylic acids is 1. The van der Waals surface area contributed by atoms with Crippen LogP contribution in [0.2, 0.25) is 0 Å². The zero-order chi connectivity index (χ0) is 16.2. The molecule has 122 valence electrons. The lowest BCUT2D eigenvalue weighted by Gasteiger charge is -2.42. The Bertz CT molecular complexity index is 379. The summed E-state index contributed by atoms with van der Waals surface area (Å²) in [5.74, 6) is -1.80. The summed E-state index contributed by atoms with van der Waals surface area (Å²) in [5.41, 5.74) is 5.28. The van der Waals surface area contributed by atoms with Gasteiger partial charge in [0.25, 0.3) is 0 Å². The number of aliphatic hydroxyl groups excluding tert-OH is 3. The van der Waals surface area contributed by atoms with Crippen molar-refractivity contribution in [1.82, 2.24) is 5.32 Å². The third-order valence-corrected chi connectivity index (χ3v) is 3.01. The van der Waals surface area contributed by atoms with E-state index >= 15 is 0 Å². The lowest BCUT2D eigenvalue weighted by molar-refractivity contribution is -0.270. The van der Waals surface area contributed by atoms with Crippen LogP contribution in [0.25, 0.3) is 0 Å². The number of ether oxygens (including phenoxy) is 2. The maximum atomic E-state index is 11.1. The summed E-state index contributed by atoms with van der Waals surface area (Å²) in [5, 5.41) is 39.8. The molecule has 0 aromatic heterocycles. The van der Waals surface area contributed by atoms with E-state index in [1.54, 1.807) is 0 Å². The first kappa shape index (κ1) is 17.8. The smallest absolute Gasteiger partial charge is 0.322 e. The highest BCUT2D eigenvalue weighted by Crippen LogP contribution is 2.22. The van der Waals surface area contributed by atoms with Crippen LogP contribution in [0.5, 0.6) is 0 Å². The van der Waals surface area contributed by atoms with Gasteiger partial charge >= 0.3 is 5.97 Å². The highest BCUT2D eigenvalue weighted by atomic mass is 16.7. The normalized spacial score (nSPS) is 34.2. The summed E-state index contributed by atoms with van der Waals surface area (Å²) in [4.78, 5) is 21.7. The fraction of sp³-hybridized carbons (Fsp3) is 0.818. The second kappa shape index (κ2) is 7.64. The number of aliphatic carboxylic acids is 1. The van der Waals surface area contributed by atoms with Crippen LogP contribution in [-0.4, -0.2) is 82.2 Å². The van der Waals surface area contributed by atoms with Gasteiger partial charge in [0.05, 0.1) is 13.2 Å². The molecule has 7 N–H and O–H groups in total. The molecule has 21 heavy (non-hydrogen) atoms. The van der Waals surface area contributed by atoms with Gasteiger partial charge in [0, 0.05) is 6.92 Å². The molecule has 0 aliphatic carbocycles. The minimum absolute atomic E-state index is 0.433. The summed E-state index contributed by atoms with van der Waals surface area (Å²) in [6, 6.07) is -2.44. The summed E-state index contributed by atoms with van der Waals surface area (Å²) in [7, 11) is 0. The van der Waals surface area contributed by atoms with E-state index in [0.717, 1.165) is 0 Å². The van der Waals surface area contributed by atoms with E-state index in [1.165, 1.54) is 6.92 Å². The highest BCUT2D eigenvalue weighted by Gasteiger charge is 2.45. The van der Waals surface area contributed by atoms with Crippen LogP contribution in [0.3, 0.4) is 0 Å². The predicted molar refractivity (Wildman–Crippen MR) is 66.9 cm³/mol. The van der Waals surface area contributed by atoms with Gasteiger partial charge in [-0.25, -0.2) is 0 Å². The molecule has 0 radical (unpaired) electrons. The molecule has 0 saturated carbocycles. The summed E-state index contributed by atoms with van der Waals surface area (Å²) in [6.45, 7) is 0.171. The molecule has 10 heteroatoms. The standard InChI is InChI=1S/C11H20N2O8/c1-4(15)13-7-9(17)8(16)6(2-14)21-11(7)20-3-5(12)10(18)19/h5-9,11,14,16-17H,2-3,12H2,1H3,(H,13,15)(H,18,19)/t5-,6?,7?,8+,9?,11+/m0/s1. The third-order valence-electron chi connectivity index (χ3n) is 3.01. The van der Waals surface area contributed by atoms with Crippen LogP contribution in [0, 0.1) is 0 Å². The maximum absolute atomic E-state index is 11.1. The van der Waals surface area contributed by atoms with E-state index in [1.807, 2.05) is 0 Å². The topological polar surface area (TPSA) is 172 Å². The molecule has 10 nitrogen and oxygen atoms in total. The van der Waals surface area contributed by atoms with Gasteiger partial charge in [-0.15, -0.1) is 0 Å². The van der Waals surface area contributed by atoms with Crippen molar-refractivity contribution in [2.24, 2.45) is 5.73 Å². The number of aliphatic hydroxyl groups is 3. The number of hydrogen-bond donors (Lipinski definition) is 6. The lowest BCUT2D eigenvalue weighted by atomic mass is 9.97. The van der Waals surface area contributed by atoms with Crippen molar-refractivity contribution >= 4 is 11.9 Å². The Balaban J connectivity index is 2.78. The van der Waals surface area contributed by atoms with Crippen LogP contribution in [0.15, 0.2) is 0 Å². The monoisotopic (exact) mass is 308 g/mol. The van der Waals surface area contributed by atoms with Gasteiger partial charge in [0.2, 0.25) is 5.91 Å². The lowest BCUT2D eigenvalue weighted by Crippen LogP contribution is -2.64. The van der Waals surface area contributed by atoms with E-state index in [2.05, 4.69) is 5.32 Å². The molecule has 0 bridgehead atoms. The Morgan fingerprint density at radius 3 is 2.48 bits per heavy atom. The van der Waals surface area contributed by atoms with Crippen molar-refractivity contribution in [2.75, 3.05) is 13.2 Å². The van der Waals surface area contributed by atoms with Crippen LogP contribution in [0.4, 0.5) is 0 Å². The average Bonchev–Trinajstić information content (AvgIpc) is 2.42. The molecule has 1 fully saturated rings. The first-order valence-electron chi connectivity index (χ1n) is 6.27. The molecule has 1 saturated heterocycles. The molecular weight excluding hydrogens is 288 g/mol. The Morgan fingerprint density at radius 2 is 2.00 bits per heavy atom. The largest absolute Gasteiger partial charge is 0.480 e. The van der Waals surface area contributed by atoms with Crippen LogP contribution in [-0.2, 0) is 19.1 Å². The minimum atomic E-state index is -1.45. The van der Waals surface area contributed by atoms with E-state index in [4.69, 9.17) is 25.4 Å². The number of carbonyl (C=O) groups is 2. The van der Waals surface area contributed by atoms with Crippen molar-refractivity contribution in [3.8, 4) is 0 Å². The zero-order valence-electron chi connectivity index (χ0n) is 11.4. The summed E-state index contributed by atoms with van der Waals surface area (Å²) in [6.07, 6.45) is -5.27. The molecule has 1 aliphatic rings. The number of rotatable bonds is 6. The van der Waals surface area contributed by atoms with Crippen LogP contribution in [0.1, 0.15) is 6.92 Å². The van der Waals surface area contributed by atoms with Gasteiger partial charge < -0.3 is 41.0 Å². The fourth-order valence-electron chi connectivity index (χ4n) is 1.88. The summed E-state index contributed by atoms with van der Waals surface area (Å²) >= 11 is 0. The van der Waals surface area contributed by atoms with E-state index < -0.39 is 61.8 Å². The SMILES string of the molecule is CC(=O)NC1C(O)[C@H](O)C(CO)O[C@H]1OC[C@H](N)C(=O)O. The van der Waals surface area contributed by atoms with Gasteiger partial charge in [0.1, 0.15) is 30.4 Å². The van der Waals surface area contributed by atoms with Gasteiger partial charge in [-0.3, -0.25) is 9.59 Å². The molecule has 0 spiro atoms. The van der Waals surface area contributed by atoms with Crippen molar-refractivity contribution in [3.05, 3.63) is 0 Å². The zero-order valence-corrected chi connectivity index (χ0v) is 11.4. The van der Waals surface area contributed by atoms with Crippen LogP contribution < -0.4 is 11.1 Å². The van der Waals surface area contributed by atoms with Crippen molar-refractivity contribution in [1.29, 1.82) is 0 Å². The first-order chi connectivity index (χ1) is 9.77. The second-order valence-electron chi connectivity index (χ2n) is 4.71.